The number of thioether (sulfide) groups is 1. The van der Waals surface area contributed by atoms with E-state index in [1.165, 1.54) is 24.9 Å². The number of benzene rings is 1. The van der Waals surface area contributed by atoms with Crippen molar-refractivity contribution in [3.05, 3.63) is 27.8 Å². The normalized spacial score (nSPS) is 21.6. The summed E-state index contributed by atoms with van der Waals surface area (Å²) in [5.74, 6) is -0.939. The minimum Gasteiger partial charge on any atom is -0.504 e. The lowest BCUT2D eigenvalue weighted by atomic mass is 10.1. The van der Waals surface area contributed by atoms with E-state index >= 15 is 0 Å². The summed E-state index contributed by atoms with van der Waals surface area (Å²) >= 11 is 1.26. The van der Waals surface area contributed by atoms with E-state index in [9.17, 15) is 20.0 Å². The van der Waals surface area contributed by atoms with Crippen molar-refractivity contribution in [1.29, 1.82) is 0 Å². The van der Waals surface area contributed by atoms with Crippen molar-refractivity contribution < 1.29 is 24.7 Å². The van der Waals surface area contributed by atoms with Gasteiger partial charge < -0.3 is 14.9 Å². The van der Waals surface area contributed by atoms with Gasteiger partial charge in [-0.05, 0) is 0 Å². The van der Waals surface area contributed by atoms with Crippen LogP contribution in [0.15, 0.2) is 12.1 Å². The third kappa shape index (κ3) is 2.63. The minimum atomic E-state index is -1.00. The summed E-state index contributed by atoms with van der Waals surface area (Å²) in [6.45, 7) is 0. The second-order valence-corrected chi connectivity index (χ2v) is 5.25. The quantitative estimate of drug-likeness (QED) is 0.558. The third-order valence-corrected chi connectivity index (χ3v) is 4.13. The van der Waals surface area contributed by atoms with E-state index in [0.717, 1.165) is 6.07 Å². The van der Waals surface area contributed by atoms with Crippen LogP contribution >= 0.6 is 11.8 Å². The number of phenols is 1. The third-order valence-electron chi connectivity index (χ3n) is 2.88. The Kier molecular flexibility index (Phi) is 4.00. The molecule has 1 aromatic rings. The number of nitrogens with zero attached hydrogens (tertiary/aromatic N) is 1. The van der Waals surface area contributed by atoms with Crippen LogP contribution in [0.2, 0.25) is 0 Å². The van der Waals surface area contributed by atoms with Gasteiger partial charge in [-0.2, -0.15) is 0 Å². The van der Waals surface area contributed by atoms with Crippen molar-refractivity contribution in [2.75, 3.05) is 12.9 Å². The van der Waals surface area contributed by atoms with Gasteiger partial charge in [0.05, 0.1) is 23.5 Å². The highest BCUT2D eigenvalue weighted by atomic mass is 32.2. The lowest BCUT2D eigenvalue weighted by molar-refractivity contribution is -0.385. The zero-order valence-electron chi connectivity index (χ0n) is 10.4. The monoisotopic (exact) mass is 300 g/mol. The number of methoxy groups -OCH3 is 1. The van der Waals surface area contributed by atoms with Crippen LogP contribution in [0, 0.1) is 10.1 Å². The zero-order valence-corrected chi connectivity index (χ0v) is 11.2. The summed E-state index contributed by atoms with van der Waals surface area (Å²) in [7, 11) is 1.29. The Morgan fingerprint density at radius 3 is 2.80 bits per heavy atom. The molecule has 1 aliphatic rings. The number of ether oxygens (including phenoxy) is 1. The molecule has 2 rings (SSSR count). The van der Waals surface area contributed by atoms with Crippen molar-refractivity contribution in [3.63, 3.8) is 0 Å². The van der Waals surface area contributed by atoms with Gasteiger partial charge in [-0.1, -0.05) is 0 Å². The summed E-state index contributed by atoms with van der Waals surface area (Å²) in [5.41, 5.74) is 0.0145. The molecule has 1 saturated heterocycles. The molecule has 0 bridgehead atoms. The maximum absolute atomic E-state index is 10.9. The van der Waals surface area contributed by atoms with E-state index in [1.54, 1.807) is 0 Å². The van der Waals surface area contributed by atoms with Crippen LogP contribution in [0.5, 0.6) is 11.5 Å². The summed E-state index contributed by atoms with van der Waals surface area (Å²) < 4.78 is 4.90. The number of aliphatic carboxylic acids is 1. The first-order valence-electron chi connectivity index (χ1n) is 5.59. The molecule has 1 heterocycles. The van der Waals surface area contributed by atoms with Crippen LogP contribution in [-0.4, -0.2) is 40.0 Å². The lowest BCUT2D eigenvalue weighted by Gasteiger charge is -2.15. The van der Waals surface area contributed by atoms with E-state index in [2.05, 4.69) is 5.32 Å². The van der Waals surface area contributed by atoms with Gasteiger partial charge in [0.2, 0.25) is 0 Å². The molecule has 20 heavy (non-hydrogen) atoms. The van der Waals surface area contributed by atoms with Crippen molar-refractivity contribution in [3.8, 4) is 11.5 Å². The maximum Gasteiger partial charge on any atom is 0.321 e. The number of nitro groups is 1. The number of rotatable bonds is 4. The highest BCUT2D eigenvalue weighted by Crippen LogP contribution is 2.43. The molecule has 0 saturated carbocycles. The summed E-state index contributed by atoms with van der Waals surface area (Å²) in [5, 5.41) is 32.1. The predicted octanol–water partition coefficient (Wildman–Crippen LogP) is 1.10. The van der Waals surface area contributed by atoms with E-state index in [1.807, 2.05) is 0 Å². The predicted molar refractivity (Wildman–Crippen MR) is 71.1 cm³/mol. The van der Waals surface area contributed by atoms with Crippen molar-refractivity contribution in [1.82, 2.24) is 5.32 Å². The molecule has 1 fully saturated rings. The standard InChI is InChI=1S/C11H12N2O6S/c1-19-8-3-5(13(17)18)2-6(9(8)14)10-12-7(4-20-10)11(15)16/h2-3,7,10,12,14H,4H2,1H3,(H,15,16). The molecule has 9 heteroatoms. The number of phenolic OH excluding ortho intramolecular Hbond substituents is 1. The fraction of sp³-hybridized carbons (Fsp3) is 0.364. The minimum absolute atomic E-state index is 0.0182. The fourth-order valence-electron chi connectivity index (χ4n) is 1.87. The Hall–Kier alpha value is -2.00. The summed E-state index contributed by atoms with van der Waals surface area (Å²) in [6.07, 6.45) is 0. The molecule has 1 aromatic carbocycles. The molecule has 0 aromatic heterocycles. The average molecular weight is 300 g/mol. The van der Waals surface area contributed by atoms with Gasteiger partial charge in [-0.25, -0.2) is 0 Å². The summed E-state index contributed by atoms with van der Waals surface area (Å²) in [4.78, 5) is 21.2. The molecule has 2 atom stereocenters. The van der Waals surface area contributed by atoms with Gasteiger partial charge in [-0.15, -0.1) is 11.8 Å². The molecule has 0 aliphatic carbocycles. The molecule has 3 N–H and O–H groups in total. The molecule has 0 radical (unpaired) electrons. The summed E-state index contributed by atoms with van der Waals surface area (Å²) in [6, 6.07) is 1.58. The van der Waals surface area contributed by atoms with Crippen LogP contribution in [0.25, 0.3) is 0 Å². The molecule has 0 amide bonds. The first kappa shape index (κ1) is 14.4. The van der Waals surface area contributed by atoms with E-state index in [0.29, 0.717) is 5.75 Å². The SMILES string of the molecule is COc1cc([N+](=O)[O-])cc(C2NC(C(=O)O)CS2)c1O. The Balaban J connectivity index is 2.38. The molecular weight excluding hydrogens is 288 g/mol. The number of nitrogens with one attached hydrogen (secondary N) is 1. The van der Waals surface area contributed by atoms with Gasteiger partial charge in [0.15, 0.2) is 11.5 Å². The van der Waals surface area contributed by atoms with Crippen molar-refractivity contribution in [2.45, 2.75) is 11.4 Å². The Labute approximate surface area is 117 Å². The van der Waals surface area contributed by atoms with Crippen LogP contribution in [0.4, 0.5) is 5.69 Å². The number of carboxylic acid groups (broad SMARTS) is 1. The lowest BCUT2D eigenvalue weighted by Crippen LogP contribution is -2.33. The zero-order chi connectivity index (χ0) is 14.9. The molecule has 0 spiro atoms. The van der Waals surface area contributed by atoms with Crippen LogP contribution in [0.3, 0.4) is 0 Å². The molecule has 108 valence electrons. The maximum atomic E-state index is 10.9. The van der Waals surface area contributed by atoms with Crippen LogP contribution in [0.1, 0.15) is 10.9 Å². The first-order valence-corrected chi connectivity index (χ1v) is 6.64. The Morgan fingerprint density at radius 1 is 1.60 bits per heavy atom. The highest BCUT2D eigenvalue weighted by molar-refractivity contribution is 7.99. The number of nitro benzene ring substituents is 1. The second kappa shape index (κ2) is 5.55. The first-order chi connectivity index (χ1) is 9.43. The van der Waals surface area contributed by atoms with E-state index < -0.39 is 22.3 Å². The van der Waals surface area contributed by atoms with Crippen molar-refractivity contribution in [2.24, 2.45) is 0 Å². The van der Waals surface area contributed by atoms with Gasteiger partial charge in [0.25, 0.3) is 5.69 Å². The molecule has 2 unspecified atom stereocenters. The van der Waals surface area contributed by atoms with Gasteiger partial charge >= 0.3 is 5.97 Å². The van der Waals surface area contributed by atoms with Crippen LogP contribution < -0.4 is 10.1 Å². The number of hydrogen-bond donors (Lipinski definition) is 3. The van der Waals surface area contributed by atoms with E-state index in [4.69, 9.17) is 9.84 Å². The smallest absolute Gasteiger partial charge is 0.321 e. The van der Waals surface area contributed by atoms with Gasteiger partial charge in [0.1, 0.15) is 6.04 Å². The number of hydrogen-bond acceptors (Lipinski definition) is 7. The van der Waals surface area contributed by atoms with Gasteiger partial charge in [-0.3, -0.25) is 20.2 Å². The molecular formula is C11H12N2O6S. The topological polar surface area (TPSA) is 122 Å². The number of carbonyl (C=O) groups is 1. The fourth-order valence-corrected chi connectivity index (χ4v) is 3.11. The van der Waals surface area contributed by atoms with E-state index in [-0.39, 0.29) is 22.7 Å². The van der Waals surface area contributed by atoms with Gasteiger partial charge in [0, 0.05) is 17.4 Å². The largest absolute Gasteiger partial charge is 0.504 e. The number of aromatic hydroxyl groups is 1. The van der Waals surface area contributed by atoms with Crippen LogP contribution in [-0.2, 0) is 4.79 Å². The average Bonchev–Trinajstić information content (AvgIpc) is 2.88. The highest BCUT2D eigenvalue weighted by Gasteiger charge is 2.33. The molecule has 1 aliphatic heterocycles. The number of carboxylic acids is 1. The second-order valence-electron chi connectivity index (χ2n) is 4.11. The number of non-ortho nitro benzene ring substituents is 1. The molecule has 8 nitrogen and oxygen atoms in total. The Bertz CT molecular complexity index is 564. The van der Waals surface area contributed by atoms with Crippen molar-refractivity contribution >= 4 is 23.4 Å². The Morgan fingerprint density at radius 2 is 2.30 bits per heavy atom.